The predicted molar refractivity (Wildman–Crippen MR) is 61.7 cm³/mol. The second-order valence-corrected chi connectivity index (χ2v) is 4.56. The smallest absolute Gasteiger partial charge is 0.306 e. The summed E-state index contributed by atoms with van der Waals surface area (Å²) in [5.41, 5.74) is 0. The molecule has 4 heteroatoms. The molecule has 0 aromatic rings. The molecule has 0 saturated heterocycles. The van der Waals surface area contributed by atoms with Gasteiger partial charge in [0, 0.05) is 12.6 Å². The molecule has 14 heavy (non-hydrogen) atoms. The third-order valence-corrected chi connectivity index (χ3v) is 2.88. The molecular weight excluding hydrogens is 198 g/mol. The molecule has 0 aliphatic rings. The van der Waals surface area contributed by atoms with Crippen LogP contribution < -0.4 is 5.32 Å². The van der Waals surface area contributed by atoms with Gasteiger partial charge in [-0.2, -0.15) is 11.8 Å². The second-order valence-electron chi connectivity index (χ2n) is 3.17. The highest BCUT2D eigenvalue weighted by Crippen LogP contribution is 2.03. The molecule has 0 aliphatic heterocycles. The van der Waals surface area contributed by atoms with Crippen molar-refractivity contribution in [3.63, 3.8) is 0 Å². The van der Waals surface area contributed by atoms with Gasteiger partial charge in [0.1, 0.15) is 0 Å². The summed E-state index contributed by atoms with van der Waals surface area (Å²) in [5.74, 6) is 2.21. The number of nitrogens with one attached hydrogen (secondary N) is 1. The van der Waals surface area contributed by atoms with Crippen LogP contribution >= 0.6 is 11.8 Å². The van der Waals surface area contributed by atoms with Crippen molar-refractivity contribution in [2.75, 3.05) is 25.2 Å². The molecule has 0 saturated carbocycles. The van der Waals surface area contributed by atoms with Crippen LogP contribution in [0.5, 0.6) is 0 Å². The van der Waals surface area contributed by atoms with Crippen LogP contribution in [0.3, 0.4) is 0 Å². The van der Waals surface area contributed by atoms with E-state index in [9.17, 15) is 4.79 Å². The van der Waals surface area contributed by atoms with Gasteiger partial charge in [0.25, 0.3) is 0 Å². The maximum Gasteiger partial charge on any atom is 0.306 e. The molecule has 1 N–H and O–H groups in total. The minimum atomic E-state index is -0.146. The van der Waals surface area contributed by atoms with E-state index in [0.29, 0.717) is 19.0 Å². The van der Waals surface area contributed by atoms with Crippen molar-refractivity contribution in [2.24, 2.45) is 0 Å². The zero-order valence-electron chi connectivity index (χ0n) is 9.34. The molecule has 0 fully saturated rings. The molecule has 0 aromatic heterocycles. The van der Waals surface area contributed by atoms with Crippen LogP contribution in [0.2, 0.25) is 0 Å². The molecule has 0 aromatic carbocycles. The van der Waals surface area contributed by atoms with Crippen LogP contribution in [0.1, 0.15) is 26.7 Å². The van der Waals surface area contributed by atoms with Crippen LogP contribution in [0.25, 0.3) is 0 Å². The van der Waals surface area contributed by atoms with Crippen molar-refractivity contribution in [2.45, 2.75) is 32.7 Å². The number of hydrogen-bond donors (Lipinski definition) is 1. The summed E-state index contributed by atoms with van der Waals surface area (Å²) in [6.07, 6.45) is 1.61. The zero-order chi connectivity index (χ0) is 10.8. The van der Waals surface area contributed by atoms with Gasteiger partial charge in [0.2, 0.25) is 0 Å². The van der Waals surface area contributed by atoms with E-state index in [-0.39, 0.29) is 5.97 Å². The fourth-order valence-electron chi connectivity index (χ4n) is 1.03. The maximum atomic E-state index is 10.8. The summed E-state index contributed by atoms with van der Waals surface area (Å²) in [7, 11) is 1.42. The van der Waals surface area contributed by atoms with Crippen LogP contribution in [0, 0.1) is 0 Å². The lowest BCUT2D eigenvalue weighted by molar-refractivity contribution is -0.140. The monoisotopic (exact) mass is 219 g/mol. The third-order valence-electron chi connectivity index (χ3n) is 1.95. The Labute approximate surface area is 91.0 Å². The molecular formula is C10H21NO2S. The van der Waals surface area contributed by atoms with Crippen molar-refractivity contribution in [3.05, 3.63) is 0 Å². The highest BCUT2D eigenvalue weighted by Gasteiger charge is 2.03. The number of carbonyl (C=O) groups is 1. The first-order valence-electron chi connectivity index (χ1n) is 5.08. The maximum absolute atomic E-state index is 10.8. The molecule has 1 atom stereocenters. The number of hydrogen-bond acceptors (Lipinski definition) is 4. The second kappa shape index (κ2) is 9.34. The predicted octanol–water partition coefficient (Wildman–Crippen LogP) is 1.67. The van der Waals surface area contributed by atoms with E-state index in [2.05, 4.69) is 23.9 Å². The van der Waals surface area contributed by atoms with E-state index < -0.39 is 0 Å². The fraction of sp³-hybridized carbons (Fsp3) is 0.900. The Morgan fingerprint density at radius 3 is 2.86 bits per heavy atom. The van der Waals surface area contributed by atoms with E-state index in [1.165, 1.54) is 18.6 Å². The number of carbonyl (C=O) groups excluding carboxylic acids is 1. The molecule has 0 aliphatic carbocycles. The van der Waals surface area contributed by atoms with Gasteiger partial charge in [0.05, 0.1) is 13.5 Å². The standard InChI is InChI=1S/C10H21NO2S/c1-4-14-8-6-9(2)11-7-5-10(12)13-3/h9,11H,4-8H2,1-3H3. The molecule has 0 amide bonds. The van der Waals surface area contributed by atoms with Gasteiger partial charge >= 0.3 is 5.97 Å². The first-order valence-corrected chi connectivity index (χ1v) is 6.24. The van der Waals surface area contributed by atoms with Crippen molar-refractivity contribution >= 4 is 17.7 Å². The molecule has 0 rings (SSSR count). The SMILES string of the molecule is CCSCCC(C)NCCC(=O)OC. The Morgan fingerprint density at radius 1 is 1.57 bits per heavy atom. The third kappa shape index (κ3) is 8.38. The summed E-state index contributed by atoms with van der Waals surface area (Å²) in [6.45, 7) is 5.03. The topological polar surface area (TPSA) is 38.3 Å². The number of methoxy groups -OCH3 is 1. The van der Waals surface area contributed by atoms with Gasteiger partial charge in [-0.25, -0.2) is 0 Å². The molecule has 0 heterocycles. The Bertz CT molecular complexity index is 153. The molecule has 3 nitrogen and oxygen atoms in total. The highest BCUT2D eigenvalue weighted by molar-refractivity contribution is 7.99. The molecule has 84 valence electrons. The Balaban J connectivity index is 3.26. The van der Waals surface area contributed by atoms with Gasteiger partial charge in [0.15, 0.2) is 0 Å². The Morgan fingerprint density at radius 2 is 2.29 bits per heavy atom. The van der Waals surface area contributed by atoms with Crippen LogP contribution in [-0.4, -0.2) is 37.2 Å². The van der Waals surface area contributed by atoms with Crippen LogP contribution in [-0.2, 0) is 9.53 Å². The molecule has 0 radical (unpaired) electrons. The largest absolute Gasteiger partial charge is 0.469 e. The normalized spacial score (nSPS) is 12.5. The Hall–Kier alpha value is -0.220. The number of rotatable bonds is 8. The minimum Gasteiger partial charge on any atom is -0.469 e. The quantitative estimate of drug-likeness (QED) is 0.498. The van der Waals surface area contributed by atoms with Gasteiger partial charge in [-0.05, 0) is 24.9 Å². The van der Waals surface area contributed by atoms with Gasteiger partial charge in [-0.1, -0.05) is 6.92 Å². The summed E-state index contributed by atoms with van der Waals surface area (Å²) < 4.78 is 4.55. The van der Waals surface area contributed by atoms with Crippen LogP contribution in [0.15, 0.2) is 0 Å². The lowest BCUT2D eigenvalue weighted by atomic mass is 10.2. The fourth-order valence-corrected chi connectivity index (χ4v) is 1.84. The van der Waals surface area contributed by atoms with Gasteiger partial charge in [-0.3, -0.25) is 4.79 Å². The van der Waals surface area contributed by atoms with Crippen molar-refractivity contribution in [1.29, 1.82) is 0 Å². The summed E-state index contributed by atoms with van der Waals surface area (Å²) in [4.78, 5) is 10.8. The van der Waals surface area contributed by atoms with Gasteiger partial charge in [-0.15, -0.1) is 0 Å². The number of thioether (sulfide) groups is 1. The first-order chi connectivity index (χ1) is 6.70. The van der Waals surface area contributed by atoms with Crippen molar-refractivity contribution in [3.8, 4) is 0 Å². The van der Waals surface area contributed by atoms with Gasteiger partial charge < -0.3 is 10.1 Å². The molecule has 1 unspecified atom stereocenters. The van der Waals surface area contributed by atoms with Crippen molar-refractivity contribution < 1.29 is 9.53 Å². The summed E-state index contributed by atoms with van der Waals surface area (Å²) in [5, 5.41) is 3.29. The zero-order valence-corrected chi connectivity index (χ0v) is 10.2. The van der Waals surface area contributed by atoms with E-state index in [1.54, 1.807) is 0 Å². The average molecular weight is 219 g/mol. The first kappa shape index (κ1) is 13.8. The number of ether oxygens (including phenoxy) is 1. The van der Waals surface area contributed by atoms with E-state index in [1.807, 2.05) is 11.8 Å². The average Bonchev–Trinajstić information content (AvgIpc) is 2.18. The summed E-state index contributed by atoms with van der Waals surface area (Å²) in [6, 6.07) is 0.485. The minimum absolute atomic E-state index is 0.146. The van der Waals surface area contributed by atoms with Crippen LogP contribution in [0.4, 0.5) is 0 Å². The Kier molecular flexibility index (Phi) is 9.19. The van der Waals surface area contributed by atoms with E-state index in [0.717, 1.165) is 6.42 Å². The highest BCUT2D eigenvalue weighted by atomic mass is 32.2. The van der Waals surface area contributed by atoms with E-state index in [4.69, 9.17) is 0 Å². The molecule has 0 bridgehead atoms. The number of esters is 1. The summed E-state index contributed by atoms with van der Waals surface area (Å²) >= 11 is 1.95. The lowest BCUT2D eigenvalue weighted by Gasteiger charge is -2.12. The van der Waals surface area contributed by atoms with E-state index >= 15 is 0 Å². The molecule has 0 spiro atoms. The lowest BCUT2D eigenvalue weighted by Crippen LogP contribution is -2.29. The van der Waals surface area contributed by atoms with Crippen molar-refractivity contribution in [1.82, 2.24) is 5.32 Å².